The second-order valence-electron chi connectivity index (χ2n) is 5.27. The summed E-state index contributed by atoms with van der Waals surface area (Å²) in [6.45, 7) is 3.75. The Morgan fingerprint density at radius 3 is 2.76 bits per heavy atom. The summed E-state index contributed by atoms with van der Waals surface area (Å²) in [5.74, 6) is 1.42. The maximum atomic E-state index is 12.1. The Labute approximate surface area is 158 Å². The summed E-state index contributed by atoms with van der Waals surface area (Å²) in [4.78, 5) is 16.7. The van der Waals surface area contributed by atoms with E-state index < -0.39 is 0 Å². The number of halogens is 2. The minimum atomic E-state index is -0.160. The van der Waals surface area contributed by atoms with E-state index >= 15 is 0 Å². The molecule has 2 aromatic heterocycles. The van der Waals surface area contributed by atoms with Gasteiger partial charge in [-0.15, -0.1) is 24.8 Å². The molecule has 136 valence electrons. The van der Waals surface area contributed by atoms with Crippen molar-refractivity contribution in [1.29, 1.82) is 0 Å². The number of aromatic nitrogens is 2. The van der Waals surface area contributed by atoms with E-state index in [9.17, 15) is 4.79 Å². The number of hydrogen-bond acceptors (Lipinski definition) is 4. The average Bonchev–Trinajstić information content (AvgIpc) is 3.18. The molecule has 0 bridgehead atoms. The molecular formula is C17H22Cl2N4O2. The summed E-state index contributed by atoms with van der Waals surface area (Å²) in [5, 5.41) is 2.89. The van der Waals surface area contributed by atoms with Gasteiger partial charge >= 0.3 is 0 Å². The summed E-state index contributed by atoms with van der Waals surface area (Å²) in [6, 6.07) is 9.72. The van der Waals surface area contributed by atoms with Gasteiger partial charge < -0.3 is 20.0 Å². The van der Waals surface area contributed by atoms with Crippen LogP contribution in [-0.2, 0) is 19.5 Å². The first kappa shape index (κ1) is 21.0. The number of rotatable bonds is 6. The normalized spacial score (nSPS) is 10.2. The molecule has 0 saturated carbocycles. The second-order valence-corrected chi connectivity index (χ2v) is 5.27. The van der Waals surface area contributed by atoms with Crippen molar-refractivity contribution in [2.45, 2.75) is 26.4 Å². The van der Waals surface area contributed by atoms with Crippen LogP contribution in [0.2, 0.25) is 0 Å². The molecule has 1 aromatic carbocycles. The van der Waals surface area contributed by atoms with E-state index in [1.165, 1.54) is 6.26 Å². The third kappa shape index (κ3) is 4.54. The van der Waals surface area contributed by atoms with Gasteiger partial charge in [0, 0.05) is 19.5 Å². The van der Waals surface area contributed by atoms with Crippen molar-refractivity contribution in [2.75, 3.05) is 6.54 Å². The molecular weight excluding hydrogens is 363 g/mol. The average molecular weight is 385 g/mol. The van der Waals surface area contributed by atoms with Crippen molar-refractivity contribution in [3.63, 3.8) is 0 Å². The first-order chi connectivity index (χ1) is 11.2. The van der Waals surface area contributed by atoms with E-state index in [0.29, 0.717) is 24.3 Å². The van der Waals surface area contributed by atoms with E-state index in [1.54, 1.807) is 6.07 Å². The molecule has 3 rings (SSSR count). The quantitative estimate of drug-likeness (QED) is 0.683. The molecule has 3 aromatic rings. The number of para-hydroxylation sites is 2. The van der Waals surface area contributed by atoms with Gasteiger partial charge in [0.05, 0.1) is 23.1 Å². The van der Waals surface area contributed by atoms with Crippen molar-refractivity contribution in [3.8, 4) is 0 Å². The third-order valence-corrected chi connectivity index (χ3v) is 3.80. The molecule has 1 amide bonds. The van der Waals surface area contributed by atoms with Gasteiger partial charge in [0.15, 0.2) is 0 Å². The number of carbonyl (C=O) groups is 1. The minimum absolute atomic E-state index is 0. The van der Waals surface area contributed by atoms with Gasteiger partial charge in [-0.3, -0.25) is 4.79 Å². The number of imidazole rings is 1. The van der Waals surface area contributed by atoms with E-state index in [2.05, 4.69) is 27.9 Å². The predicted octanol–water partition coefficient (Wildman–Crippen LogP) is 2.92. The molecule has 0 unspecified atom stereocenters. The van der Waals surface area contributed by atoms with Crippen LogP contribution in [-0.4, -0.2) is 22.0 Å². The van der Waals surface area contributed by atoms with Crippen LogP contribution in [0.1, 0.15) is 28.9 Å². The van der Waals surface area contributed by atoms with E-state index in [0.717, 1.165) is 23.4 Å². The van der Waals surface area contributed by atoms with Crippen molar-refractivity contribution < 1.29 is 9.21 Å². The van der Waals surface area contributed by atoms with Crippen molar-refractivity contribution in [3.05, 3.63) is 53.7 Å². The number of furan rings is 1. The Bertz CT molecular complexity index is 829. The lowest BCUT2D eigenvalue weighted by atomic mass is 10.3. The number of nitrogens with one attached hydrogen (secondary N) is 1. The van der Waals surface area contributed by atoms with Gasteiger partial charge in [-0.05, 0) is 25.1 Å². The molecule has 8 heteroatoms. The number of aryl methyl sites for hydroxylation is 1. The summed E-state index contributed by atoms with van der Waals surface area (Å²) in [7, 11) is 0. The summed E-state index contributed by atoms with van der Waals surface area (Å²) in [5.41, 5.74) is 8.07. The smallest absolute Gasteiger partial charge is 0.254 e. The Morgan fingerprint density at radius 1 is 1.32 bits per heavy atom. The monoisotopic (exact) mass is 384 g/mol. The number of amides is 1. The SMILES string of the molecule is CCn1c(CCNC(=O)c2coc(CN)c2)nc2ccccc21.Cl.Cl. The Kier molecular flexibility index (Phi) is 7.96. The highest BCUT2D eigenvalue weighted by Crippen LogP contribution is 2.16. The molecule has 0 atom stereocenters. The van der Waals surface area contributed by atoms with Gasteiger partial charge in [0.2, 0.25) is 0 Å². The highest BCUT2D eigenvalue weighted by atomic mass is 35.5. The van der Waals surface area contributed by atoms with Crippen molar-refractivity contribution in [2.24, 2.45) is 5.73 Å². The molecule has 0 aliphatic carbocycles. The van der Waals surface area contributed by atoms with Crippen LogP contribution in [0.5, 0.6) is 0 Å². The molecule has 0 saturated heterocycles. The second kappa shape index (κ2) is 9.46. The Hall–Kier alpha value is -2.02. The highest BCUT2D eigenvalue weighted by molar-refractivity contribution is 5.93. The summed E-state index contributed by atoms with van der Waals surface area (Å²) >= 11 is 0. The zero-order chi connectivity index (χ0) is 16.2. The summed E-state index contributed by atoms with van der Waals surface area (Å²) in [6.07, 6.45) is 2.11. The summed E-state index contributed by atoms with van der Waals surface area (Å²) < 4.78 is 7.35. The topological polar surface area (TPSA) is 86.1 Å². The molecule has 2 heterocycles. The lowest BCUT2D eigenvalue weighted by molar-refractivity contribution is 0.0953. The maximum absolute atomic E-state index is 12.1. The van der Waals surface area contributed by atoms with Gasteiger partial charge in [-0.2, -0.15) is 0 Å². The van der Waals surface area contributed by atoms with Crippen LogP contribution in [0, 0.1) is 0 Å². The first-order valence-corrected chi connectivity index (χ1v) is 7.72. The number of nitrogens with zero attached hydrogens (tertiary/aromatic N) is 2. The largest absolute Gasteiger partial charge is 0.467 e. The maximum Gasteiger partial charge on any atom is 0.254 e. The van der Waals surface area contributed by atoms with Crippen LogP contribution >= 0.6 is 24.8 Å². The van der Waals surface area contributed by atoms with Crippen LogP contribution in [0.3, 0.4) is 0 Å². The number of carbonyl (C=O) groups excluding carboxylic acids is 1. The highest BCUT2D eigenvalue weighted by Gasteiger charge is 2.11. The molecule has 0 aliphatic rings. The van der Waals surface area contributed by atoms with Crippen molar-refractivity contribution in [1.82, 2.24) is 14.9 Å². The number of benzene rings is 1. The van der Waals surface area contributed by atoms with Crippen LogP contribution in [0.25, 0.3) is 11.0 Å². The van der Waals surface area contributed by atoms with Crippen LogP contribution in [0.15, 0.2) is 41.0 Å². The molecule has 0 aliphatic heterocycles. The lowest BCUT2D eigenvalue weighted by Gasteiger charge is -2.06. The van der Waals surface area contributed by atoms with Crippen molar-refractivity contribution >= 4 is 41.8 Å². The number of nitrogens with two attached hydrogens (primary N) is 1. The number of hydrogen-bond donors (Lipinski definition) is 2. The molecule has 0 radical (unpaired) electrons. The predicted molar refractivity (Wildman–Crippen MR) is 103 cm³/mol. The van der Waals surface area contributed by atoms with Crippen LogP contribution < -0.4 is 11.1 Å². The van der Waals surface area contributed by atoms with Crippen LogP contribution in [0.4, 0.5) is 0 Å². The Balaban J connectivity index is 0.00000156. The Morgan fingerprint density at radius 2 is 2.08 bits per heavy atom. The van der Waals surface area contributed by atoms with E-state index in [4.69, 9.17) is 10.2 Å². The first-order valence-electron chi connectivity index (χ1n) is 7.72. The van der Waals surface area contributed by atoms with E-state index in [-0.39, 0.29) is 37.3 Å². The fraction of sp³-hybridized carbons (Fsp3) is 0.294. The molecule has 0 spiro atoms. The van der Waals surface area contributed by atoms with Gasteiger partial charge in [-0.1, -0.05) is 12.1 Å². The standard InChI is InChI=1S/C17H20N4O2.2ClH/c1-2-21-15-6-4-3-5-14(15)20-16(21)7-8-19-17(22)12-9-13(10-18)23-11-12;;/h3-6,9,11H,2,7-8,10,18H2,1H3,(H,19,22);2*1H. The number of fused-ring (bicyclic) bond motifs is 1. The fourth-order valence-corrected chi connectivity index (χ4v) is 2.67. The van der Waals surface area contributed by atoms with Gasteiger partial charge in [0.25, 0.3) is 5.91 Å². The zero-order valence-electron chi connectivity index (χ0n) is 13.9. The fourth-order valence-electron chi connectivity index (χ4n) is 2.67. The lowest BCUT2D eigenvalue weighted by Crippen LogP contribution is -2.26. The molecule has 0 fully saturated rings. The molecule has 25 heavy (non-hydrogen) atoms. The van der Waals surface area contributed by atoms with Gasteiger partial charge in [0.1, 0.15) is 17.8 Å². The third-order valence-electron chi connectivity index (χ3n) is 3.80. The molecule has 6 nitrogen and oxygen atoms in total. The van der Waals surface area contributed by atoms with E-state index in [1.807, 2.05) is 18.2 Å². The van der Waals surface area contributed by atoms with Gasteiger partial charge in [-0.25, -0.2) is 4.98 Å². The minimum Gasteiger partial charge on any atom is -0.467 e. The zero-order valence-corrected chi connectivity index (χ0v) is 15.5. The molecule has 3 N–H and O–H groups in total.